The van der Waals surface area contributed by atoms with Gasteiger partial charge >= 0.3 is 6.18 Å². The van der Waals surface area contributed by atoms with E-state index >= 15 is 0 Å². The van der Waals surface area contributed by atoms with Crippen molar-refractivity contribution in [3.8, 4) is 5.75 Å². The highest BCUT2D eigenvalue weighted by Crippen LogP contribution is 2.35. The number of nitrogens with one attached hydrogen (secondary N) is 1. The second-order valence-corrected chi connectivity index (χ2v) is 8.48. The van der Waals surface area contributed by atoms with Crippen LogP contribution in [0.1, 0.15) is 33.8 Å². The number of nitrogens with zero attached hydrogens (tertiary/aromatic N) is 2. The van der Waals surface area contributed by atoms with E-state index in [4.69, 9.17) is 4.74 Å². The summed E-state index contributed by atoms with van der Waals surface area (Å²) in [6.45, 7) is 2.08. The van der Waals surface area contributed by atoms with E-state index in [2.05, 4.69) is 10.3 Å². The summed E-state index contributed by atoms with van der Waals surface area (Å²) in [7, 11) is 1.55. The zero-order valence-electron chi connectivity index (χ0n) is 17.3. The van der Waals surface area contributed by atoms with Crippen LogP contribution in [0.15, 0.2) is 36.4 Å². The molecule has 0 radical (unpaired) electrons. The molecule has 6 nitrogen and oxygen atoms in total. The molecule has 1 aliphatic rings. The number of pyridine rings is 1. The molecule has 10 heteroatoms. The minimum Gasteiger partial charge on any atom is -0.497 e. The van der Waals surface area contributed by atoms with Crippen molar-refractivity contribution in [3.05, 3.63) is 52.5 Å². The number of likely N-dealkylation sites (tertiary alicyclic amines) is 1. The van der Waals surface area contributed by atoms with Crippen molar-refractivity contribution in [2.75, 3.05) is 19.0 Å². The third-order valence-corrected chi connectivity index (χ3v) is 6.65. The van der Waals surface area contributed by atoms with E-state index in [0.29, 0.717) is 46.7 Å². The largest absolute Gasteiger partial charge is 0.497 e. The number of hydrogen-bond donors (Lipinski definition) is 1. The molecule has 3 heterocycles. The molecule has 32 heavy (non-hydrogen) atoms. The summed E-state index contributed by atoms with van der Waals surface area (Å²) in [4.78, 5) is 31.8. The van der Waals surface area contributed by atoms with Gasteiger partial charge in [0.05, 0.1) is 12.0 Å². The number of aromatic nitrogens is 1. The first-order valence-corrected chi connectivity index (χ1v) is 10.7. The number of carbonyl (C=O) groups is 2. The van der Waals surface area contributed by atoms with Crippen LogP contribution in [-0.4, -0.2) is 41.4 Å². The maximum Gasteiger partial charge on any atom is 0.433 e. The highest BCUT2D eigenvalue weighted by Gasteiger charge is 2.37. The van der Waals surface area contributed by atoms with Crippen molar-refractivity contribution < 1.29 is 27.5 Å². The lowest BCUT2D eigenvalue weighted by Gasteiger charge is -2.23. The fourth-order valence-electron chi connectivity index (χ4n) is 3.77. The average molecular weight is 463 g/mol. The molecular formula is C22H20F3N3O3S. The molecule has 1 N–H and O–H groups in total. The first-order chi connectivity index (χ1) is 15.2. The van der Waals surface area contributed by atoms with Crippen LogP contribution in [0, 0.1) is 6.92 Å². The van der Waals surface area contributed by atoms with Crippen LogP contribution in [-0.2, 0) is 11.0 Å². The van der Waals surface area contributed by atoms with Gasteiger partial charge in [0.15, 0.2) is 0 Å². The molecule has 0 saturated carbocycles. The molecule has 2 amide bonds. The fourth-order valence-corrected chi connectivity index (χ4v) is 4.91. The number of methoxy groups -OCH3 is 1. The number of benzene rings is 1. The smallest absolute Gasteiger partial charge is 0.433 e. The summed E-state index contributed by atoms with van der Waals surface area (Å²) in [5, 5.41) is 3.32. The van der Waals surface area contributed by atoms with Crippen molar-refractivity contribution in [1.82, 2.24) is 9.88 Å². The molecule has 0 spiro atoms. The Kier molecular flexibility index (Phi) is 5.81. The van der Waals surface area contributed by atoms with Gasteiger partial charge in [-0.3, -0.25) is 9.59 Å². The summed E-state index contributed by atoms with van der Waals surface area (Å²) in [5.41, 5.74) is 0.151. The van der Waals surface area contributed by atoms with E-state index in [1.807, 2.05) is 0 Å². The fraction of sp³-hybridized carbons (Fsp3) is 0.318. The number of fused-ring (bicyclic) bond motifs is 1. The van der Waals surface area contributed by atoms with Gasteiger partial charge in [-0.25, -0.2) is 4.98 Å². The van der Waals surface area contributed by atoms with E-state index in [9.17, 15) is 22.8 Å². The van der Waals surface area contributed by atoms with E-state index in [1.165, 1.54) is 11.0 Å². The number of amides is 2. The number of carbonyl (C=O) groups excluding carboxylic acids is 2. The predicted molar refractivity (Wildman–Crippen MR) is 115 cm³/mol. The Morgan fingerprint density at radius 3 is 2.56 bits per heavy atom. The number of rotatable bonds is 4. The highest BCUT2D eigenvalue weighted by atomic mass is 32.1. The van der Waals surface area contributed by atoms with Crippen molar-refractivity contribution in [2.24, 2.45) is 0 Å². The maximum atomic E-state index is 13.3. The molecule has 1 aromatic carbocycles. The normalized spacial score (nSPS) is 16.4. The molecule has 0 bridgehead atoms. The molecule has 1 aliphatic heterocycles. The second-order valence-electron chi connectivity index (χ2n) is 7.48. The lowest BCUT2D eigenvalue weighted by molar-refractivity contribution is -0.140. The van der Waals surface area contributed by atoms with Crippen LogP contribution < -0.4 is 10.1 Å². The third-order valence-electron chi connectivity index (χ3n) is 5.46. The second kappa shape index (κ2) is 8.42. The minimum absolute atomic E-state index is 0.152. The summed E-state index contributed by atoms with van der Waals surface area (Å²) in [6.07, 6.45) is -3.39. The molecule has 0 aliphatic carbocycles. The zero-order valence-corrected chi connectivity index (χ0v) is 18.1. The van der Waals surface area contributed by atoms with Crippen LogP contribution in [0.25, 0.3) is 10.2 Å². The van der Waals surface area contributed by atoms with Gasteiger partial charge in [-0.15, -0.1) is 11.3 Å². The van der Waals surface area contributed by atoms with Gasteiger partial charge in [-0.1, -0.05) is 0 Å². The molecular weight excluding hydrogens is 443 g/mol. The molecule has 1 saturated heterocycles. The number of halogens is 3. The van der Waals surface area contributed by atoms with Gasteiger partial charge in [0.1, 0.15) is 22.3 Å². The Labute approximate surface area is 186 Å². The van der Waals surface area contributed by atoms with E-state index in [-0.39, 0.29) is 16.6 Å². The number of ether oxygens (including phenoxy) is 1. The van der Waals surface area contributed by atoms with Crippen LogP contribution in [0.3, 0.4) is 0 Å². The lowest BCUT2D eigenvalue weighted by atomic mass is 10.1. The number of thiophene rings is 1. The summed E-state index contributed by atoms with van der Waals surface area (Å²) in [5.74, 6) is -0.0214. The summed E-state index contributed by atoms with van der Waals surface area (Å²) < 4.78 is 44.1. The lowest BCUT2D eigenvalue weighted by Crippen LogP contribution is -2.43. The molecule has 1 fully saturated rings. The monoisotopic (exact) mass is 463 g/mol. The van der Waals surface area contributed by atoms with E-state index < -0.39 is 17.9 Å². The number of alkyl halides is 3. The van der Waals surface area contributed by atoms with E-state index in [0.717, 1.165) is 17.4 Å². The number of aryl methyl sites for hydroxylation is 1. The van der Waals surface area contributed by atoms with E-state index in [1.54, 1.807) is 38.3 Å². The van der Waals surface area contributed by atoms with Gasteiger partial charge in [-0.2, -0.15) is 13.2 Å². The topological polar surface area (TPSA) is 71.5 Å². The maximum absolute atomic E-state index is 13.3. The van der Waals surface area contributed by atoms with Gasteiger partial charge in [-0.05, 0) is 61.7 Å². The Balaban J connectivity index is 1.56. The highest BCUT2D eigenvalue weighted by molar-refractivity contribution is 7.20. The van der Waals surface area contributed by atoms with Gasteiger partial charge in [0, 0.05) is 17.6 Å². The Bertz CT molecular complexity index is 1170. The SMILES string of the molecule is COc1ccc(NC(=O)C2CCCN2C(=O)c2sc3nc(C(F)(F)F)ccc3c2C)cc1. The van der Waals surface area contributed by atoms with Crippen molar-refractivity contribution in [2.45, 2.75) is 32.0 Å². The first-order valence-electron chi connectivity index (χ1n) is 9.92. The molecule has 1 atom stereocenters. The van der Waals surface area contributed by atoms with Crippen molar-refractivity contribution in [3.63, 3.8) is 0 Å². The van der Waals surface area contributed by atoms with Gasteiger partial charge < -0.3 is 15.0 Å². The Hall–Kier alpha value is -3.14. The van der Waals surface area contributed by atoms with Crippen LogP contribution in [0.5, 0.6) is 5.75 Å². The standard InChI is InChI=1S/C22H20F3N3O3S/c1-12-15-9-10-17(22(23,24)25)27-20(15)32-18(12)21(30)28-11-3-4-16(28)19(29)26-13-5-7-14(31-2)8-6-13/h5-10,16H,3-4,11H2,1-2H3,(H,26,29). The minimum atomic E-state index is -4.56. The van der Waals surface area contributed by atoms with Gasteiger partial charge in [0.2, 0.25) is 5.91 Å². The Morgan fingerprint density at radius 1 is 1.19 bits per heavy atom. The summed E-state index contributed by atoms with van der Waals surface area (Å²) in [6, 6.07) is 8.44. The molecule has 4 rings (SSSR count). The number of anilines is 1. The first kappa shape index (κ1) is 22.1. The van der Waals surface area contributed by atoms with Crippen LogP contribution >= 0.6 is 11.3 Å². The zero-order chi connectivity index (χ0) is 23.0. The third kappa shape index (κ3) is 4.14. The molecule has 168 valence electrons. The molecule has 2 aromatic heterocycles. The average Bonchev–Trinajstić information content (AvgIpc) is 3.38. The van der Waals surface area contributed by atoms with Crippen LogP contribution in [0.4, 0.5) is 18.9 Å². The van der Waals surface area contributed by atoms with Crippen molar-refractivity contribution >= 4 is 39.1 Å². The molecule has 3 aromatic rings. The van der Waals surface area contributed by atoms with Crippen molar-refractivity contribution in [1.29, 1.82) is 0 Å². The quantitative estimate of drug-likeness (QED) is 0.599. The predicted octanol–water partition coefficient (Wildman–Crippen LogP) is 4.88. The van der Waals surface area contributed by atoms with Gasteiger partial charge in [0.25, 0.3) is 5.91 Å². The molecule has 1 unspecified atom stereocenters. The van der Waals surface area contributed by atoms with Crippen LogP contribution in [0.2, 0.25) is 0 Å². The number of hydrogen-bond acceptors (Lipinski definition) is 5. The Morgan fingerprint density at radius 2 is 1.91 bits per heavy atom. The summed E-state index contributed by atoms with van der Waals surface area (Å²) >= 11 is 0.923.